The number of nitrogens with two attached hydrogens (primary N) is 1. The molecule has 0 aliphatic heterocycles. The van der Waals surface area contributed by atoms with E-state index < -0.39 is 27.9 Å². The molecule has 10 heteroatoms. The van der Waals surface area contributed by atoms with Gasteiger partial charge in [-0.2, -0.15) is 0 Å². The number of nitrogens with one attached hydrogen (secondary N) is 1. The van der Waals surface area contributed by atoms with E-state index in [9.17, 15) is 23.1 Å². The van der Waals surface area contributed by atoms with Gasteiger partial charge < -0.3 is 10.8 Å². The molecule has 0 radical (unpaired) electrons. The smallest absolute Gasteiger partial charge is 0.336 e. The summed E-state index contributed by atoms with van der Waals surface area (Å²) in [4.78, 5) is 23.2. The molecular weight excluding hydrogens is 427 g/mol. The van der Waals surface area contributed by atoms with Gasteiger partial charge in [-0.05, 0) is 54.7 Å². The second kappa shape index (κ2) is 7.71. The number of amides is 1. The van der Waals surface area contributed by atoms with Gasteiger partial charge in [-0.15, -0.1) is 0 Å². The summed E-state index contributed by atoms with van der Waals surface area (Å²) < 4.78 is 28.0. The molecule has 2 aromatic carbocycles. The van der Waals surface area contributed by atoms with Crippen molar-refractivity contribution in [3.8, 4) is 0 Å². The third-order valence-electron chi connectivity index (χ3n) is 4.60. The van der Waals surface area contributed by atoms with E-state index >= 15 is 0 Å². The first-order chi connectivity index (χ1) is 13.1. The summed E-state index contributed by atoms with van der Waals surface area (Å²) in [5.74, 6) is -2.13. The van der Waals surface area contributed by atoms with E-state index in [-0.39, 0.29) is 27.5 Å². The molecule has 0 saturated carbocycles. The molecule has 0 saturated heterocycles. The van der Waals surface area contributed by atoms with Crippen molar-refractivity contribution in [2.24, 2.45) is 5.73 Å². The molecule has 0 aromatic heterocycles. The van der Waals surface area contributed by atoms with Crippen LogP contribution in [0.3, 0.4) is 0 Å². The van der Waals surface area contributed by atoms with Gasteiger partial charge in [0.15, 0.2) is 0 Å². The first-order valence-electron chi connectivity index (χ1n) is 8.25. The van der Waals surface area contributed by atoms with Crippen LogP contribution in [-0.2, 0) is 22.9 Å². The van der Waals surface area contributed by atoms with Gasteiger partial charge in [0.1, 0.15) is 4.90 Å². The second-order valence-corrected chi connectivity index (χ2v) is 8.96. The quantitative estimate of drug-likeness (QED) is 0.655. The number of carbonyl (C=O) groups is 2. The number of sulfonamides is 1. The van der Waals surface area contributed by atoms with Crippen LogP contribution in [0.2, 0.25) is 10.0 Å². The molecule has 0 bridgehead atoms. The molecule has 1 amide bonds. The molecule has 1 atom stereocenters. The number of carboxylic acids is 1. The predicted molar refractivity (Wildman–Crippen MR) is 105 cm³/mol. The lowest BCUT2D eigenvalue weighted by Crippen LogP contribution is -2.40. The fourth-order valence-electron chi connectivity index (χ4n) is 3.37. The molecule has 1 aliphatic carbocycles. The van der Waals surface area contributed by atoms with Crippen LogP contribution in [0.4, 0.5) is 0 Å². The van der Waals surface area contributed by atoms with Crippen molar-refractivity contribution >= 4 is 45.1 Å². The summed E-state index contributed by atoms with van der Waals surface area (Å²) in [6.45, 7) is 0. The largest absolute Gasteiger partial charge is 0.478 e. The molecule has 0 spiro atoms. The van der Waals surface area contributed by atoms with Crippen molar-refractivity contribution in [1.29, 1.82) is 0 Å². The number of carboxylic acid groups (broad SMARTS) is 1. The van der Waals surface area contributed by atoms with E-state index in [0.717, 1.165) is 5.56 Å². The standard InChI is InChI=1S/C18H16Cl2N2O5S/c19-10-3-6-15(14(20)7-10)28(26,27)22-11-4-1-9-2-5-12(18(24)25)16(17(21)23)13(9)8-11/h2-3,5-7,11,22H,1,4,8H2,(H2,21,23)(H,24,25). The highest BCUT2D eigenvalue weighted by atomic mass is 35.5. The summed E-state index contributed by atoms with van der Waals surface area (Å²) >= 11 is 11.8. The van der Waals surface area contributed by atoms with Crippen LogP contribution in [0.1, 0.15) is 38.3 Å². The average Bonchev–Trinajstić information content (AvgIpc) is 2.59. The van der Waals surface area contributed by atoms with Crippen LogP contribution in [0.5, 0.6) is 0 Å². The summed E-state index contributed by atoms with van der Waals surface area (Å²) in [6, 6.07) is 6.49. The first-order valence-corrected chi connectivity index (χ1v) is 10.5. The summed E-state index contributed by atoms with van der Waals surface area (Å²) in [5, 5.41) is 9.62. The highest BCUT2D eigenvalue weighted by Crippen LogP contribution is 2.30. The van der Waals surface area contributed by atoms with Gasteiger partial charge >= 0.3 is 5.97 Å². The maximum Gasteiger partial charge on any atom is 0.336 e. The lowest BCUT2D eigenvalue weighted by molar-refractivity contribution is 0.0691. The van der Waals surface area contributed by atoms with Crippen LogP contribution in [0.15, 0.2) is 35.2 Å². The van der Waals surface area contributed by atoms with E-state index in [1.165, 1.54) is 24.3 Å². The topological polar surface area (TPSA) is 127 Å². The van der Waals surface area contributed by atoms with Crippen molar-refractivity contribution in [3.63, 3.8) is 0 Å². The Kier molecular flexibility index (Phi) is 5.67. The van der Waals surface area contributed by atoms with Crippen molar-refractivity contribution in [2.75, 3.05) is 0 Å². The Morgan fingerprint density at radius 1 is 1.18 bits per heavy atom. The van der Waals surface area contributed by atoms with Crippen molar-refractivity contribution in [3.05, 3.63) is 62.6 Å². The normalized spacial score (nSPS) is 16.4. The van der Waals surface area contributed by atoms with Crippen LogP contribution in [0, 0.1) is 0 Å². The summed E-state index contributed by atoms with van der Waals surface area (Å²) in [7, 11) is -3.94. The minimum absolute atomic E-state index is 0.0119. The maximum atomic E-state index is 12.7. The molecule has 1 unspecified atom stereocenters. The number of benzene rings is 2. The fourth-order valence-corrected chi connectivity index (χ4v) is 5.42. The summed E-state index contributed by atoms with van der Waals surface area (Å²) in [6.07, 6.45) is 1.08. The van der Waals surface area contributed by atoms with Crippen LogP contribution in [-0.4, -0.2) is 31.4 Å². The SMILES string of the molecule is NC(=O)c1c(C(=O)O)ccc2c1CC(NS(=O)(=O)c1ccc(Cl)cc1Cl)CC2. The van der Waals surface area contributed by atoms with E-state index in [0.29, 0.717) is 23.4 Å². The van der Waals surface area contributed by atoms with Gasteiger partial charge in [0.05, 0.1) is 16.1 Å². The minimum Gasteiger partial charge on any atom is -0.478 e. The third kappa shape index (κ3) is 4.00. The van der Waals surface area contributed by atoms with E-state index in [1.54, 1.807) is 6.07 Å². The maximum absolute atomic E-state index is 12.7. The van der Waals surface area contributed by atoms with Crippen molar-refractivity contribution in [1.82, 2.24) is 4.72 Å². The third-order valence-corrected chi connectivity index (χ3v) is 6.84. The van der Waals surface area contributed by atoms with E-state index in [2.05, 4.69) is 4.72 Å². The number of rotatable bonds is 5. The zero-order valence-corrected chi connectivity index (χ0v) is 16.7. The molecule has 0 fully saturated rings. The Balaban J connectivity index is 1.94. The molecule has 0 heterocycles. The molecule has 28 heavy (non-hydrogen) atoms. The zero-order chi connectivity index (χ0) is 20.6. The number of hydrogen-bond donors (Lipinski definition) is 3. The Morgan fingerprint density at radius 2 is 1.89 bits per heavy atom. The Hall–Kier alpha value is -2.13. The predicted octanol–water partition coefficient (Wildman–Crippen LogP) is 2.63. The molecule has 148 valence electrons. The zero-order valence-electron chi connectivity index (χ0n) is 14.4. The van der Waals surface area contributed by atoms with Gasteiger partial charge in [-0.3, -0.25) is 4.79 Å². The van der Waals surface area contributed by atoms with Gasteiger partial charge in [0.25, 0.3) is 0 Å². The Morgan fingerprint density at radius 3 is 2.50 bits per heavy atom. The summed E-state index contributed by atoms with van der Waals surface area (Å²) in [5.41, 5.74) is 6.35. The van der Waals surface area contributed by atoms with Gasteiger partial charge in [0, 0.05) is 11.1 Å². The van der Waals surface area contributed by atoms with Crippen LogP contribution in [0.25, 0.3) is 0 Å². The van der Waals surface area contributed by atoms with Crippen molar-refractivity contribution in [2.45, 2.75) is 30.2 Å². The van der Waals surface area contributed by atoms with E-state index in [4.69, 9.17) is 28.9 Å². The number of aromatic carboxylic acids is 1. The average molecular weight is 443 g/mol. The van der Waals surface area contributed by atoms with Crippen molar-refractivity contribution < 1.29 is 23.1 Å². The monoisotopic (exact) mass is 442 g/mol. The number of fused-ring (bicyclic) bond motifs is 1. The molecular formula is C18H16Cl2N2O5S. The van der Waals surface area contributed by atoms with Gasteiger partial charge in [-0.25, -0.2) is 17.9 Å². The minimum atomic E-state index is -3.94. The first kappa shape index (κ1) is 20.6. The molecule has 7 nitrogen and oxygen atoms in total. The molecule has 1 aliphatic rings. The molecule has 2 aromatic rings. The molecule has 3 rings (SSSR count). The van der Waals surface area contributed by atoms with Crippen LogP contribution >= 0.6 is 23.2 Å². The van der Waals surface area contributed by atoms with Gasteiger partial charge in [-0.1, -0.05) is 29.3 Å². The number of primary amides is 1. The lowest BCUT2D eigenvalue weighted by Gasteiger charge is -2.27. The fraction of sp³-hybridized carbons (Fsp3) is 0.222. The Labute approximate surface area is 171 Å². The number of halogens is 2. The highest BCUT2D eigenvalue weighted by Gasteiger charge is 2.30. The van der Waals surface area contributed by atoms with E-state index in [1.807, 2.05) is 0 Å². The Bertz CT molecular complexity index is 1090. The van der Waals surface area contributed by atoms with Crippen LogP contribution < -0.4 is 10.5 Å². The second-order valence-electron chi connectivity index (χ2n) is 6.43. The highest BCUT2D eigenvalue weighted by molar-refractivity contribution is 7.89. The molecule has 4 N–H and O–H groups in total. The van der Waals surface area contributed by atoms with Gasteiger partial charge in [0.2, 0.25) is 15.9 Å². The number of aryl methyl sites for hydroxylation is 1. The lowest BCUT2D eigenvalue weighted by atomic mass is 9.83. The number of carbonyl (C=O) groups excluding carboxylic acids is 1. The number of hydrogen-bond acceptors (Lipinski definition) is 4.